The molecule has 0 fully saturated rings. The van der Waals surface area contributed by atoms with Crippen LogP contribution in [0.4, 0.5) is 0 Å². The second-order valence-electron chi connectivity index (χ2n) is 6.52. The van der Waals surface area contributed by atoms with Gasteiger partial charge in [0, 0.05) is 6.54 Å². The smallest absolute Gasteiger partial charge is 0.107 e. The van der Waals surface area contributed by atoms with Crippen molar-refractivity contribution >= 4 is 0 Å². The van der Waals surface area contributed by atoms with Crippen molar-refractivity contribution in [2.24, 2.45) is 11.8 Å². The van der Waals surface area contributed by atoms with Gasteiger partial charge in [-0.15, -0.1) is 0 Å². The van der Waals surface area contributed by atoms with E-state index >= 15 is 0 Å². The molecule has 0 aliphatic carbocycles. The van der Waals surface area contributed by atoms with Gasteiger partial charge in [0.2, 0.25) is 0 Å². The lowest BCUT2D eigenvalue weighted by Crippen LogP contribution is -2.34. The second kappa shape index (κ2) is 10.6. The standard InChI is InChI=1S/C16H35NO2/c1-6-7-8-16(19)17(5)10-9-15(18)12-14(4)11-13(2)3/h13-16,18-19H,6-12H2,1-5H3/t14-,15+,16?/m0/s1. The topological polar surface area (TPSA) is 43.7 Å². The molecule has 19 heavy (non-hydrogen) atoms. The van der Waals surface area contributed by atoms with Gasteiger partial charge in [0.15, 0.2) is 0 Å². The van der Waals surface area contributed by atoms with Crippen LogP contribution in [0.25, 0.3) is 0 Å². The minimum Gasteiger partial charge on any atom is -0.393 e. The van der Waals surface area contributed by atoms with Crippen molar-refractivity contribution in [2.45, 2.75) is 78.6 Å². The molecule has 0 rings (SSSR count). The molecule has 3 nitrogen and oxygen atoms in total. The maximum Gasteiger partial charge on any atom is 0.107 e. The third kappa shape index (κ3) is 10.3. The number of unbranched alkanes of at least 4 members (excludes halogenated alkanes) is 1. The van der Waals surface area contributed by atoms with E-state index in [9.17, 15) is 10.2 Å². The number of aliphatic hydroxyl groups excluding tert-OH is 2. The van der Waals surface area contributed by atoms with Crippen LogP contribution in [0.1, 0.15) is 66.2 Å². The lowest BCUT2D eigenvalue weighted by Gasteiger charge is -2.25. The average Bonchev–Trinajstić information content (AvgIpc) is 2.31. The highest BCUT2D eigenvalue weighted by Crippen LogP contribution is 2.18. The Balaban J connectivity index is 3.79. The lowest BCUT2D eigenvalue weighted by atomic mass is 9.93. The first kappa shape index (κ1) is 18.9. The Kier molecular flexibility index (Phi) is 10.6. The summed E-state index contributed by atoms with van der Waals surface area (Å²) in [6, 6.07) is 0. The monoisotopic (exact) mass is 273 g/mol. The first-order chi connectivity index (χ1) is 8.86. The van der Waals surface area contributed by atoms with E-state index in [2.05, 4.69) is 27.7 Å². The van der Waals surface area contributed by atoms with Crippen molar-refractivity contribution in [1.82, 2.24) is 4.90 Å². The van der Waals surface area contributed by atoms with Gasteiger partial charge in [0.25, 0.3) is 0 Å². The molecule has 0 bridgehead atoms. The molecule has 0 amide bonds. The number of hydrogen-bond acceptors (Lipinski definition) is 3. The van der Waals surface area contributed by atoms with Gasteiger partial charge in [-0.1, -0.05) is 34.1 Å². The second-order valence-corrected chi connectivity index (χ2v) is 6.52. The van der Waals surface area contributed by atoms with Crippen LogP contribution in [-0.2, 0) is 0 Å². The van der Waals surface area contributed by atoms with E-state index in [4.69, 9.17) is 0 Å². The number of aliphatic hydroxyl groups is 2. The van der Waals surface area contributed by atoms with Crippen molar-refractivity contribution < 1.29 is 10.2 Å². The summed E-state index contributed by atoms with van der Waals surface area (Å²) in [5.41, 5.74) is 0. The van der Waals surface area contributed by atoms with Gasteiger partial charge in [-0.05, 0) is 51.0 Å². The summed E-state index contributed by atoms with van der Waals surface area (Å²) in [6.07, 6.45) is 5.19. The molecule has 0 heterocycles. The van der Waals surface area contributed by atoms with Crippen molar-refractivity contribution in [1.29, 1.82) is 0 Å². The molecule has 1 unspecified atom stereocenters. The zero-order chi connectivity index (χ0) is 14.8. The fraction of sp³-hybridized carbons (Fsp3) is 1.00. The molecule has 0 saturated carbocycles. The average molecular weight is 273 g/mol. The highest BCUT2D eigenvalue weighted by Gasteiger charge is 2.15. The van der Waals surface area contributed by atoms with Crippen LogP contribution >= 0.6 is 0 Å². The van der Waals surface area contributed by atoms with Crippen molar-refractivity contribution in [3.05, 3.63) is 0 Å². The molecule has 0 saturated heterocycles. The Labute approximate surface area is 120 Å². The Morgan fingerprint density at radius 3 is 2.16 bits per heavy atom. The molecule has 0 spiro atoms. The maximum absolute atomic E-state index is 10.0. The molecule has 0 aliphatic rings. The summed E-state index contributed by atoms with van der Waals surface area (Å²) in [7, 11) is 1.94. The molecule has 0 aliphatic heterocycles. The maximum atomic E-state index is 10.0. The molecule has 116 valence electrons. The van der Waals surface area contributed by atoms with E-state index in [-0.39, 0.29) is 12.3 Å². The highest BCUT2D eigenvalue weighted by molar-refractivity contribution is 4.66. The minimum atomic E-state index is -0.361. The van der Waals surface area contributed by atoms with E-state index < -0.39 is 0 Å². The summed E-state index contributed by atoms with van der Waals surface area (Å²) < 4.78 is 0. The number of hydrogen-bond donors (Lipinski definition) is 2. The molecule has 3 atom stereocenters. The summed E-state index contributed by atoms with van der Waals surface area (Å²) in [4.78, 5) is 1.95. The van der Waals surface area contributed by atoms with E-state index in [0.717, 1.165) is 38.6 Å². The van der Waals surface area contributed by atoms with Gasteiger partial charge in [-0.25, -0.2) is 0 Å². The number of nitrogens with zero attached hydrogens (tertiary/aromatic N) is 1. The van der Waals surface area contributed by atoms with Crippen LogP contribution in [0, 0.1) is 11.8 Å². The van der Waals surface area contributed by atoms with Crippen LogP contribution in [0.15, 0.2) is 0 Å². The molecule has 3 heteroatoms. The summed E-state index contributed by atoms with van der Waals surface area (Å²) in [5, 5.41) is 19.9. The first-order valence-corrected chi connectivity index (χ1v) is 7.93. The Morgan fingerprint density at radius 1 is 1.00 bits per heavy atom. The predicted molar refractivity (Wildman–Crippen MR) is 82.0 cm³/mol. The van der Waals surface area contributed by atoms with E-state index in [1.807, 2.05) is 11.9 Å². The zero-order valence-corrected chi connectivity index (χ0v) is 13.6. The first-order valence-electron chi connectivity index (χ1n) is 7.93. The summed E-state index contributed by atoms with van der Waals surface area (Å²) in [6.45, 7) is 9.55. The Hall–Kier alpha value is -0.120. The van der Waals surface area contributed by atoms with Gasteiger partial charge in [0.1, 0.15) is 6.23 Å². The van der Waals surface area contributed by atoms with Crippen molar-refractivity contribution in [2.75, 3.05) is 13.6 Å². The van der Waals surface area contributed by atoms with Crippen LogP contribution in [0.2, 0.25) is 0 Å². The fourth-order valence-electron chi connectivity index (χ4n) is 2.59. The summed E-state index contributed by atoms with van der Waals surface area (Å²) >= 11 is 0. The van der Waals surface area contributed by atoms with Gasteiger partial charge in [0.05, 0.1) is 6.10 Å². The third-order valence-electron chi connectivity index (χ3n) is 3.69. The Morgan fingerprint density at radius 2 is 1.63 bits per heavy atom. The Bertz CT molecular complexity index is 209. The van der Waals surface area contributed by atoms with Crippen LogP contribution in [-0.4, -0.2) is 41.0 Å². The van der Waals surface area contributed by atoms with Gasteiger partial charge >= 0.3 is 0 Å². The van der Waals surface area contributed by atoms with Crippen LogP contribution in [0.3, 0.4) is 0 Å². The normalized spacial score (nSPS) is 16.9. The molecular formula is C16H35NO2. The lowest BCUT2D eigenvalue weighted by molar-refractivity contribution is 0.00406. The SMILES string of the molecule is CCCCC(O)N(C)CC[C@@H](O)C[C@@H](C)CC(C)C. The molecule has 0 radical (unpaired) electrons. The van der Waals surface area contributed by atoms with Gasteiger partial charge in [-0.3, -0.25) is 4.90 Å². The largest absolute Gasteiger partial charge is 0.393 e. The van der Waals surface area contributed by atoms with E-state index in [1.165, 1.54) is 6.42 Å². The van der Waals surface area contributed by atoms with Crippen molar-refractivity contribution in [3.8, 4) is 0 Å². The molecule has 0 aromatic heterocycles. The highest BCUT2D eigenvalue weighted by atomic mass is 16.3. The van der Waals surface area contributed by atoms with Crippen LogP contribution < -0.4 is 0 Å². The van der Waals surface area contributed by atoms with E-state index in [0.29, 0.717) is 11.8 Å². The number of rotatable bonds is 11. The summed E-state index contributed by atoms with van der Waals surface area (Å²) in [5.74, 6) is 1.27. The molecule has 0 aromatic rings. The van der Waals surface area contributed by atoms with Gasteiger partial charge < -0.3 is 10.2 Å². The predicted octanol–water partition coefficient (Wildman–Crippen LogP) is 3.25. The van der Waals surface area contributed by atoms with Crippen LogP contribution in [0.5, 0.6) is 0 Å². The zero-order valence-electron chi connectivity index (χ0n) is 13.6. The minimum absolute atomic E-state index is 0.241. The fourth-order valence-corrected chi connectivity index (χ4v) is 2.59. The van der Waals surface area contributed by atoms with Crippen molar-refractivity contribution in [3.63, 3.8) is 0 Å². The third-order valence-corrected chi connectivity index (χ3v) is 3.69. The molecule has 2 N–H and O–H groups in total. The van der Waals surface area contributed by atoms with E-state index in [1.54, 1.807) is 0 Å². The molecular weight excluding hydrogens is 238 g/mol. The molecule has 0 aromatic carbocycles. The van der Waals surface area contributed by atoms with Gasteiger partial charge in [-0.2, -0.15) is 0 Å². The quantitative estimate of drug-likeness (QED) is 0.568.